The van der Waals surface area contributed by atoms with E-state index in [-0.39, 0.29) is 17.4 Å². The minimum absolute atomic E-state index is 0.0798. The van der Waals surface area contributed by atoms with E-state index in [4.69, 9.17) is 5.73 Å². The summed E-state index contributed by atoms with van der Waals surface area (Å²) in [4.78, 5) is 16.5. The Hall–Kier alpha value is -1.72. The summed E-state index contributed by atoms with van der Waals surface area (Å²) in [7, 11) is 0. The summed E-state index contributed by atoms with van der Waals surface area (Å²) in [5.74, 6) is -0.152. The molecule has 0 radical (unpaired) electrons. The molecule has 0 aliphatic heterocycles. The van der Waals surface area contributed by atoms with E-state index in [0.29, 0.717) is 10.7 Å². The maximum Gasteiger partial charge on any atom is 0.257 e. The molecule has 0 spiro atoms. The van der Waals surface area contributed by atoms with Crippen molar-refractivity contribution in [3.63, 3.8) is 0 Å². The summed E-state index contributed by atoms with van der Waals surface area (Å²) in [5, 5.41) is 5.24. The summed E-state index contributed by atoms with van der Waals surface area (Å²) < 4.78 is 0. The molecule has 0 saturated heterocycles. The van der Waals surface area contributed by atoms with Crippen LogP contribution in [0.5, 0.6) is 0 Å². The number of amides is 1. The van der Waals surface area contributed by atoms with E-state index in [1.165, 1.54) is 16.9 Å². The first-order valence-corrected chi connectivity index (χ1v) is 7.78. The van der Waals surface area contributed by atoms with Crippen molar-refractivity contribution in [1.29, 1.82) is 0 Å². The molecular weight excluding hydrogens is 282 g/mol. The van der Waals surface area contributed by atoms with Gasteiger partial charge in [-0.25, -0.2) is 4.98 Å². The summed E-state index contributed by atoms with van der Waals surface area (Å²) in [6.45, 7) is 8.30. The smallest absolute Gasteiger partial charge is 0.257 e. The zero-order valence-electron chi connectivity index (χ0n) is 12.8. The van der Waals surface area contributed by atoms with Crippen molar-refractivity contribution >= 4 is 22.4 Å². The first kappa shape index (κ1) is 15.7. The van der Waals surface area contributed by atoms with Crippen LogP contribution in [0.4, 0.5) is 5.13 Å². The van der Waals surface area contributed by atoms with Crippen LogP contribution in [0.2, 0.25) is 0 Å². The van der Waals surface area contributed by atoms with Crippen molar-refractivity contribution < 1.29 is 4.79 Å². The van der Waals surface area contributed by atoms with Gasteiger partial charge in [0.2, 0.25) is 0 Å². The second-order valence-electron chi connectivity index (χ2n) is 6.15. The monoisotopic (exact) mass is 303 g/mol. The molecule has 0 saturated carbocycles. The molecule has 0 fully saturated rings. The second kappa shape index (κ2) is 5.95. The van der Waals surface area contributed by atoms with Gasteiger partial charge in [0.25, 0.3) is 5.91 Å². The summed E-state index contributed by atoms with van der Waals surface area (Å²) in [6.07, 6.45) is 0. The van der Waals surface area contributed by atoms with Gasteiger partial charge in [0.15, 0.2) is 5.13 Å². The molecule has 1 aromatic carbocycles. The molecule has 0 aliphatic rings. The summed E-state index contributed by atoms with van der Waals surface area (Å²) >= 11 is 1.39. The van der Waals surface area contributed by atoms with Gasteiger partial charge in [0.05, 0.1) is 5.69 Å². The highest BCUT2D eigenvalue weighted by atomic mass is 32.1. The van der Waals surface area contributed by atoms with E-state index in [9.17, 15) is 4.79 Å². The molecular formula is C16H21N3OS. The van der Waals surface area contributed by atoms with E-state index in [0.717, 1.165) is 5.69 Å². The second-order valence-corrected chi connectivity index (χ2v) is 7.01. The SMILES string of the molecule is CC(N)c1csc(NC(=O)c2ccc(C(C)(C)C)cc2)n1. The molecule has 4 nitrogen and oxygen atoms in total. The number of anilines is 1. The Morgan fingerprint density at radius 2 is 1.90 bits per heavy atom. The van der Waals surface area contributed by atoms with Gasteiger partial charge in [0.1, 0.15) is 0 Å². The summed E-state index contributed by atoms with van der Waals surface area (Å²) in [5.41, 5.74) is 8.45. The molecule has 0 bridgehead atoms. The summed E-state index contributed by atoms with van der Waals surface area (Å²) in [6, 6.07) is 7.54. The predicted molar refractivity (Wildman–Crippen MR) is 87.8 cm³/mol. The van der Waals surface area contributed by atoms with Gasteiger partial charge in [-0.15, -0.1) is 11.3 Å². The number of nitrogens with two attached hydrogens (primary N) is 1. The number of nitrogens with one attached hydrogen (secondary N) is 1. The quantitative estimate of drug-likeness (QED) is 0.908. The van der Waals surface area contributed by atoms with Crippen LogP contribution in [-0.2, 0) is 5.41 Å². The number of nitrogens with zero attached hydrogens (tertiary/aromatic N) is 1. The fraction of sp³-hybridized carbons (Fsp3) is 0.375. The fourth-order valence-electron chi connectivity index (χ4n) is 1.84. The van der Waals surface area contributed by atoms with Crippen molar-refractivity contribution in [2.75, 3.05) is 5.32 Å². The number of hydrogen-bond acceptors (Lipinski definition) is 4. The van der Waals surface area contributed by atoms with Crippen molar-refractivity contribution in [2.45, 2.75) is 39.2 Å². The van der Waals surface area contributed by atoms with Gasteiger partial charge in [-0.2, -0.15) is 0 Å². The Morgan fingerprint density at radius 3 is 2.38 bits per heavy atom. The van der Waals surface area contributed by atoms with Crippen molar-refractivity contribution in [2.24, 2.45) is 5.73 Å². The number of thiazole rings is 1. The molecule has 1 unspecified atom stereocenters. The lowest BCUT2D eigenvalue weighted by atomic mass is 9.87. The highest BCUT2D eigenvalue weighted by Crippen LogP contribution is 2.23. The number of aromatic nitrogens is 1. The van der Waals surface area contributed by atoms with Crippen LogP contribution in [0.25, 0.3) is 0 Å². The lowest BCUT2D eigenvalue weighted by molar-refractivity contribution is 0.102. The molecule has 5 heteroatoms. The van der Waals surface area contributed by atoms with Crippen molar-refractivity contribution in [3.8, 4) is 0 Å². The Balaban J connectivity index is 2.09. The van der Waals surface area contributed by atoms with E-state index in [1.807, 2.05) is 36.6 Å². The normalized spacial score (nSPS) is 13.0. The van der Waals surface area contributed by atoms with Crippen LogP contribution in [-0.4, -0.2) is 10.9 Å². The van der Waals surface area contributed by atoms with Crippen LogP contribution in [0.1, 0.15) is 55.4 Å². The number of hydrogen-bond donors (Lipinski definition) is 2. The average Bonchev–Trinajstić information content (AvgIpc) is 2.86. The van der Waals surface area contributed by atoms with E-state index < -0.39 is 0 Å². The first-order valence-electron chi connectivity index (χ1n) is 6.90. The highest BCUT2D eigenvalue weighted by molar-refractivity contribution is 7.14. The zero-order chi connectivity index (χ0) is 15.6. The van der Waals surface area contributed by atoms with Gasteiger partial charge in [-0.3, -0.25) is 10.1 Å². The molecule has 0 aliphatic carbocycles. The van der Waals surface area contributed by atoms with E-state index >= 15 is 0 Å². The Kier molecular flexibility index (Phi) is 4.44. The molecule has 21 heavy (non-hydrogen) atoms. The predicted octanol–water partition coefficient (Wildman–Crippen LogP) is 3.71. The fourth-order valence-corrected chi connectivity index (χ4v) is 2.65. The number of carbonyl (C=O) groups excluding carboxylic acids is 1. The van der Waals surface area contributed by atoms with Crippen molar-refractivity contribution in [1.82, 2.24) is 4.98 Å². The molecule has 1 amide bonds. The van der Waals surface area contributed by atoms with Crippen LogP contribution in [0, 0.1) is 0 Å². The number of rotatable bonds is 3. The van der Waals surface area contributed by atoms with Crippen LogP contribution in [0.15, 0.2) is 29.6 Å². The Labute approximate surface area is 129 Å². The third-order valence-electron chi connectivity index (χ3n) is 3.22. The zero-order valence-corrected chi connectivity index (χ0v) is 13.6. The molecule has 2 rings (SSSR count). The first-order chi connectivity index (χ1) is 9.77. The molecule has 1 heterocycles. The Bertz CT molecular complexity index is 624. The van der Waals surface area contributed by atoms with Crippen molar-refractivity contribution in [3.05, 3.63) is 46.5 Å². The van der Waals surface area contributed by atoms with Gasteiger partial charge in [-0.1, -0.05) is 32.9 Å². The molecule has 1 aromatic heterocycles. The number of benzene rings is 1. The van der Waals surface area contributed by atoms with Gasteiger partial charge < -0.3 is 5.73 Å². The van der Waals surface area contributed by atoms with Gasteiger partial charge in [-0.05, 0) is 30.0 Å². The van der Waals surface area contributed by atoms with E-state index in [2.05, 4.69) is 31.1 Å². The molecule has 3 N–H and O–H groups in total. The largest absolute Gasteiger partial charge is 0.323 e. The van der Waals surface area contributed by atoms with Crippen LogP contribution in [0.3, 0.4) is 0 Å². The standard InChI is InChI=1S/C16H21N3OS/c1-10(17)13-9-21-15(18-13)19-14(20)11-5-7-12(8-6-11)16(2,3)4/h5-10H,17H2,1-4H3,(H,18,19,20). The lowest BCUT2D eigenvalue weighted by Crippen LogP contribution is -2.14. The minimum Gasteiger partial charge on any atom is -0.323 e. The third kappa shape index (κ3) is 3.89. The molecule has 112 valence electrons. The van der Waals surface area contributed by atoms with Crippen LogP contribution < -0.4 is 11.1 Å². The topological polar surface area (TPSA) is 68.0 Å². The lowest BCUT2D eigenvalue weighted by Gasteiger charge is -2.18. The number of carbonyl (C=O) groups is 1. The van der Waals surface area contributed by atoms with E-state index in [1.54, 1.807) is 0 Å². The molecule has 2 aromatic rings. The third-order valence-corrected chi connectivity index (χ3v) is 4.00. The maximum atomic E-state index is 12.2. The van der Waals surface area contributed by atoms with Gasteiger partial charge in [0, 0.05) is 17.0 Å². The molecule has 1 atom stereocenters. The average molecular weight is 303 g/mol. The Morgan fingerprint density at radius 1 is 1.29 bits per heavy atom. The highest BCUT2D eigenvalue weighted by Gasteiger charge is 2.15. The minimum atomic E-state index is -0.152. The van der Waals surface area contributed by atoms with Gasteiger partial charge >= 0.3 is 0 Å². The van der Waals surface area contributed by atoms with Crippen LogP contribution >= 0.6 is 11.3 Å². The maximum absolute atomic E-state index is 12.2.